The van der Waals surface area contributed by atoms with Crippen LogP contribution in [0.25, 0.3) is 0 Å². The van der Waals surface area contributed by atoms with Crippen LogP contribution in [0.3, 0.4) is 0 Å². The number of hydrogen-bond acceptors (Lipinski definition) is 5. The van der Waals surface area contributed by atoms with Gasteiger partial charge in [0.2, 0.25) is 5.75 Å². The molecule has 112 valence electrons. The molecule has 2 aromatic rings. The van der Waals surface area contributed by atoms with Crippen LogP contribution in [0.4, 0.5) is 15.9 Å². The summed E-state index contributed by atoms with van der Waals surface area (Å²) in [6, 6.07) is 4.48. The van der Waals surface area contributed by atoms with Crippen molar-refractivity contribution in [2.24, 2.45) is 0 Å². The number of anilines is 2. The van der Waals surface area contributed by atoms with E-state index in [4.69, 9.17) is 25.8 Å². The van der Waals surface area contributed by atoms with E-state index in [0.29, 0.717) is 22.9 Å². The first-order chi connectivity index (χ1) is 10.1. The van der Waals surface area contributed by atoms with Crippen LogP contribution in [-0.2, 0) is 0 Å². The zero-order valence-corrected chi connectivity index (χ0v) is 12.5. The minimum atomic E-state index is -0.559. The molecule has 0 aliphatic rings. The Morgan fingerprint density at radius 2 is 1.67 bits per heavy atom. The van der Waals surface area contributed by atoms with Gasteiger partial charge in [-0.3, -0.25) is 0 Å². The number of halogens is 2. The highest BCUT2D eigenvalue weighted by Crippen LogP contribution is 2.40. The number of nitrogens with zero attached hydrogens (tertiary/aromatic N) is 1. The Kier molecular flexibility index (Phi) is 4.70. The molecule has 2 rings (SSSR count). The molecule has 1 aromatic carbocycles. The molecule has 0 aliphatic carbocycles. The van der Waals surface area contributed by atoms with Crippen molar-refractivity contribution in [2.45, 2.75) is 0 Å². The number of benzene rings is 1. The van der Waals surface area contributed by atoms with Crippen molar-refractivity contribution in [3.8, 4) is 17.2 Å². The van der Waals surface area contributed by atoms with E-state index in [9.17, 15) is 4.39 Å². The fraction of sp³-hybridized carbons (Fsp3) is 0.214. The van der Waals surface area contributed by atoms with Gasteiger partial charge in [0.25, 0.3) is 0 Å². The summed E-state index contributed by atoms with van der Waals surface area (Å²) in [5, 5.41) is 3.06. The predicted octanol–water partition coefficient (Wildman–Crippen LogP) is 3.64. The quantitative estimate of drug-likeness (QED) is 0.913. The second-order valence-corrected chi connectivity index (χ2v) is 4.46. The first-order valence-electron chi connectivity index (χ1n) is 5.97. The van der Waals surface area contributed by atoms with Crippen molar-refractivity contribution >= 4 is 23.1 Å². The summed E-state index contributed by atoms with van der Waals surface area (Å²) in [6.45, 7) is 0. The van der Waals surface area contributed by atoms with E-state index < -0.39 is 5.82 Å². The van der Waals surface area contributed by atoms with Crippen molar-refractivity contribution in [3.63, 3.8) is 0 Å². The molecule has 1 aromatic heterocycles. The van der Waals surface area contributed by atoms with Crippen molar-refractivity contribution < 1.29 is 18.6 Å². The number of rotatable bonds is 5. The van der Waals surface area contributed by atoms with E-state index in [1.54, 1.807) is 12.1 Å². The molecule has 1 heterocycles. The first kappa shape index (κ1) is 15.2. The van der Waals surface area contributed by atoms with E-state index in [-0.39, 0.29) is 10.8 Å². The molecule has 21 heavy (non-hydrogen) atoms. The number of pyridine rings is 1. The summed E-state index contributed by atoms with van der Waals surface area (Å²) in [5.74, 6) is 0.849. The average molecular weight is 313 g/mol. The van der Waals surface area contributed by atoms with Gasteiger partial charge in [0, 0.05) is 24.0 Å². The number of nitrogens with one attached hydrogen (secondary N) is 1. The summed E-state index contributed by atoms with van der Waals surface area (Å²) in [6.07, 6.45) is 1.35. The molecule has 0 fully saturated rings. The Hall–Kier alpha value is -2.21. The first-order valence-corrected chi connectivity index (χ1v) is 6.35. The van der Waals surface area contributed by atoms with Gasteiger partial charge in [0.15, 0.2) is 23.1 Å². The lowest BCUT2D eigenvalue weighted by molar-refractivity contribution is 0.324. The number of methoxy groups -OCH3 is 3. The summed E-state index contributed by atoms with van der Waals surface area (Å²) in [4.78, 5) is 3.90. The normalized spacial score (nSPS) is 10.1. The number of ether oxygens (including phenoxy) is 3. The third-order valence-corrected chi connectivity index (χ3v) is 2.94. The van der Waals surface area contributed by atoms with E-state index >= 15 is 0 Å². The predicted molar refractivity (Wildman–Crippen MR) is 78.6 cm³/mol. The van der Waals surface area contributed by atoms with Crippen molar-refractivity contribution in [3.05, 3.63) is 35.2 Å². The van der Waals surface area contributed by atoms with Gasteiger partial charge in [-0.05, 0) is 6.07 Å². The fourth-order valence-electron chi connectivity index (χ4n) is 1.80. The third-order valence-electron chi connectivity index (χ3n) is 2.74. The Morgan fingerprint density at radius 3 is 2.14 bits per heavy atom. The molecule has 0 spiro atoms. The molecule has 0 saturated carbocycles. The van der Waals surface area contributed by atoms with Gasteiger partial charge in [0.05, 0.1) is 26.4 Å². The Labute approximate surface area is 126 Å². The van der Waals surface area contributed by atoms with Crippen LogP contribution < -0.4 is 19.5 Å². The lowest BCUT2D eigenvalue weighted by Crippen LogP contribution is -2.00. The fourth-order valence-corrected chi connectivity index (χ4v) is 1.94. The second-order valence-electron chi connectivity index (χ2n) is 4.02. The van der Waals surface area contributed by atoms with Gasteiger partial charge >= 0.3 is 0 Å². The summed E-state index contributed by atoms with van der Waals surface area (Å²) in [7, 11) is 4.51. The summed E-state index contributed by atoms with van der Waals surface area (Å²) < 4.78 is 29.4. The Balaban J connectivity index is 2.40. The SMILES string of the molecule is COc1cc(Nc2ncc(Cl)cc2F)cc(OC)c1OC. The lowest BCUT2D eigenvalue weighted by Gasteiger charge is -2.15. The monoisotopic (exact) mass is 312 g/mol. The molecule has 0 radical (unpaired) electrons. The van der Waals surface area contributed by atoms with E-state index in [1.807, 2.05) is 0 Å². The topological polar surface area (TPSA) is 52.6 Å². The maximum Gasteiger partial charge on any atom is 0.203 e. The molecule has 0 atom stereocenters. The van der Waals surface area contributed by atoms with Gasteiger partial charge < -0.3 is 19.5 Å². The smallest absolute Gasteiger partial charge is 0.203 e. The molecule has 0 saturated heterocycles. The summed E-state index contributed by atoms with van der Waals surface area (Å²) in [5.41, 5.74) is 0.540. The maximum absolute atomic E-state index is 13.7. The largest absolute Gasteiger partial charge is 0.493 e. The van der Waals surface area contributed by atoms with Gasteiger partial charge in [-0.2, -0.15) is 0 Å². The molecule has 7 heteroatoms. The second kappa shape index (κ2) is 6.49. The molecule has 0 amide bonds. The van der Waals surface area contributed by atoms with Gasteiger partial charge in [0.1, 0.15) is 0 Å². The molecular formula is C14H14ClFN2O3. The zero-order valence-electron chi connectivity index (χ0n) is 11.7. The highest BCUT2D eigenvalue weighted by molar-refractivity contribution is 6.30. The minimum Gasteiger partial charge on any atom is -0.493 e. The Morgan fingerprint density at radius 1 is 1.05 bits per heavy atom. The average Bonchev–Trinajstić information content (AvgIpc) is 2.49. The van der Waals surface area contributed by atoms with Gasteiger partial charge in [-0.15, -0.1) is 0 Å². The minimum absolute atomic E-state index is 0.0497. The Bertz CT molecular complexity index is 627. The molecule has 5 nitrogen and oxygen atoms in total. The molecule has 0 aliphatic heterocycles. The summed E-state index contributed by atoms with van der Waals surface area (Å²) >= 11 is 5.67. The van der Waals surface area contributed by atoms with Crippen LogP contribution in [0.5, 0.6) is 17.2 Å². The van der Waals surface area contributed by atoms with Crippen LogP contribution in [0.15, 0.2) is 24.4 Å². The van der Waals surface area contributed by atoms with Crippen LogP contribution in [0.2, 0.25) is 5.02 Å². The van der Waals surface area contributed by atoms with Gasteiger partial charge in [-0.25, -0.2) is 9.37 Å². The van der Waals surface area contributed by atoms with Gasteiger partial charge in [-0.1, -0.05) is 11.6 Å². The zero-order chi connectivity index (χ0) is 15.4. The van der Waals surface area contributed by atoms with E-state index in [0.717, 1.165) is 0 Å². The van der Waals surface area contributed by atoms with Crippen LogP contribution in [-0.4, -0.2) is 26.3 Å². The third kappa shape index (κ3) is 3.28. The lowest BCUT2D eigenvalue weighted by atomic mass is 10.2. The van der Waals surface area contributed by atoms with E-state index in [2.05, 4.69) is 10.3 Å². The van der Waals surface area contributed by atoms with Crippen LogP contribution in [0, 0.1) is 5.82 Å². The van der Waals surface area contributed by atoms with E-state index in [1.165, 1.54) is 33.6 Å². The van der Waals surface area contributed by atoms with Crippen LogP contribution in [0.1, 0.15) is 0 Å². The number of aromatic nitrogens is 1. The standard InChI is InChI=1S/C14H14ClFN2O3/c1-19-11-5-9(6-12(20-2)13(11)21-3)18-14-10(16)4-8(15)7-17-14/h4-7H,1-3H3,(H,17,18). The van der Waals surface area contributed by atoms with Crippen molar-refractivity contribution in [2.75, 3.05) is 26.6 Å². The molecule has 1 N–H and O–H groups in total. The highest BCUT2D eigenvalue weighted by atomic mass is 35.5. The number of hydrogen-bond donors (Lipinski definition) is 1. The molecular weight excluding hydrogens is 299 g/mol. The molecule has 0 unspecified atom stereocenters. The maximum atomic E-state index is 13.7. The van der Waals surface area contributed by atoms with Crippen LogP contribution >= 0.6 is 11.6 Å². The highest BCUT2D eigenvalue weighted by Gasteiger charge is 2.14. The molecule has 0 bridgehead atoms. The van der Waals surface area contributed by atoms with Crippen molar-refractivity contribution in [1.29, 1.82) is 0 Å². The van der Waals surface area contributed by atoms with Crippen molar-refractivity contribution in [1.82, 2.24) is 4.98 Å².